The standard InChI is InChI=1S/C9H15ClN4O4S/c1-7(4-19(17,18)5-8(11)16)14-9(10)13-6-12-2-3-15/h6,15H,1-5H2,(H2,11,16)(H,12,13,14). The number of aliphatic imine (C=N–C) groups is 2. The van der Waals surface area contributed by atoms with Crippen LogP contribution in [0.3, 0.4) is 0 Å². The van der Waals surface area contributed by atoms with Gasteiger partial charge in [-0.2, -0.15) is 0 Å². The molecule has 10 heteroatoms. The monoisotopic (exact) mass is 310 g/mol. The van der Waals surface area contributed by atoms with Crippen LogP contribution in [0.15, 0.2) is 22.3 Å². The van der Waals surface area contributed by atoms with Gasteiger partial charge in [-0.25, -0.2) is 18.4 Å². The first-order chi connectivity index (χ1) is 8.76. The van der Waals surface area contributed by atoms with Crippen molar-refractivity contribution >= 4 is 39.0 Å². The van der Waals surface area contributed by atoms with Gasteiger partial charge in [0.2, 0.25) is 11.2 Å². The van der Waals surface area contributed by atoms with Gasteiger partial charge in [-0.1, -0.05) is 6.58 Å². The lowest BCUT2D eigenvalue weighted by atomic mass is 10.6. The van der Waals surface area contributed by atoms with Crippen LogP contribution in [0.1, 0.15) is 0 Å². The summed E-state index contributed by atoms with van der Waals surface area (Å²) in [6, 6.07) is 0. The molecular weight excluding hydrogens is 296 g/mol. The topological polar surface area (TPSA) is 134 Å². The van der Waals surface area contributed by atoms with Crippen molar-refractivity contribution in [1.29, 1.82) is 0 Å². The largest absolute Gasteiger partial charge is 0.395 e. The number of hydrogen-bond donors (Lipinski definition) is 3. The molecule has 0 aliphatic rings. The van der Waals surface area contributed by atoms with Crippen molar-refractivity contribution in [2.75, 3.05) is 24.7 Å². The molecule has 0 rings (SSSR count). The van der Waals surface area contributed by atoms with Gasteiger partial charge in [-0.15, -0.1) is 0 Å². The second kappa shape index (κ2) is 8.62. The lowest BCUT2D eigenvalue weighted by Gasteiger charge is -2.01. The number of amidine groups is 1. The number of carbonyl (C=O) groups is 1. The number of nitrogens with one attached hydrogen (secondary N) is 1. The quantitative estimate of drug-likeness (QED) is 0.219. The zero-order chi connectivity index (χ0) is 14.9. The third-order valence-electron chi connectivity index (χ3n) is 1.52. The van der Waals surface area contributed by atoms with E-state index in [-0.39, 0.29) is 17.6 Å². The summed E-state index contributed by atoms with van der Waals surface area (Å²) in [5, 5.41) is 10.8. The first-order valence-electron chi connectivity index (χ1n) is 5.04. The molecule has 0 saturated carbocycles. The van der Waals surface area contributed by atoms with Crippen LogP contribution in [0.5, 0.6) is 0 Å². The van der Waals surface area contributed by atoms with Crippen LogP contribution >= 0.6 is 11.6 Å². The van der Waals surface area contributed by atoms with Gasteiger partial charge in [-0.3, -0.25) is 4.79 Å². The number of amides is 1. The molecule has 0 radical (unpaired) electrons. The number of carbonyl (C=O) groups excluding carboxylic acids is 1. The van der Waals surface area contributed by atoms with Crippen LogP contribution in [0.25, 0.3) is 0 Å². The number of halogens is 1. The van der Waals surface area contributed by atoms with E-state index < -0.39 is 27.3 Å². The lowest BCUT2D eigenvalue weighted by molar-refractivity contribution is -0.115. The molecule has 1 amide bonds. The van der Waals surface area contributed by atoms with Gasteiger partial charge < -0.3 is 16.2 Å². The minimum Gasteiger partial charge on any atom is -0.395 e. The van der Waals surface area contributed by atoms with Crippen LogP contribution in [0.4, 0.5) is 0 Å². The van der Waals surface area contributed by atoms with Gasteiger partial charge in [0, 0.05) is 6.54 Å². The fourth-order valence-electron chi connectivity index (χ4n) is 0.941. The van der Waals surface area contributed by atoms with Gasteiger partial charge in [0.1, 0.15) is 5.75 Å². The van der Waals surface area contributed by atoms with Crippen molar-refractivity contribution in [2.24, 2.45) is 15.7 Å². The lowest BCUT2D eigenvalue weighted by Crippen LogP contribution is -2.25. The molecule has 0 fully saturated rings. The van der Waals surface area contributed by atoms with Gasteiger partial charge >= 0.3 is 0 Å². The highest BCUT2D eigenvalue weighted by Gasteiger charge is 2.15. The van der Waals surface area contributed by atoms with Crippen molar-refractivity contribution < 1.29 is 18.3 Å². The number of aliphatic hydroxyl groups is 1. The van der Waals surface area contributed by atoms with Crippen molar-refractivity contribution in [3.05, 3.63) is 12.3 Å². The third kappa shape index (κ3) is 10.2. The first-order valence-corrected chi connectivity index (χ1v) is 7.24. The Labute approximate surface area is 116 Å². The van der Waals surface area contributed by atoms with Crippen LogP contribution in [0, 0.1) is 0 Å². The van der Waals surface area contributed by atoms with E-state index in [2.05, 4.69) is 21.9 Å². The number of primary amides is 1. The molecule has 0 aliphatic heterocycles. The van der Waals surface area contributed by atoms with Crippen molar-refractivity contribution in [1.82, 2.24) is 5.32 Å². The molecule has 19 heavy (non-hydrogen) atoms. The number of nitrogens with two attached hydrogens (primary N) is 1. The van der Waals surface area contributed by atoms with Crippen LogP contribution in [-0.2, 0) is 14.6 Å². The first kappa shape index (κ1) is 17.6. The van der Waals surface area contributed by atoms with Crippen molar-refractivity contribution in [3.8, 4) is 0 Å². The van der Waals surface area contributed by atoms with Crippen LogP contribution < -0.4 is 11.1 Å². The van der Waals surface area contributed by atoms with Gasteiger partial charge in [0.05, 0.1) is 24.4 Å². The fourth-order valence-corrected chi connectivity index (χ4v) is 2.22. The maximum absolute atomic E-state index is 11.4. The number of nitrogens with zero attached hydrogens (tertiary/aromatic N) is 2. The summed E-state index contributed by atoms with van der Waals surface area (Å²) in [6.45, 7) is 3.62. The molecule has 108 valence electrons. The Balaban J connectivity index is 4.44. The minimum absolute atomic E-state index is 0.0643. The summed E-state index contributed by atoms with van der Waals surface area (Å²) in [6.07, 6.45) is 1.20. The summed E-state index contributed by atoms with van der Waals surface area (Å²) < 4.78 is 22.8. The Morgan fingerprint density at radius 1 is 1.47 bits per heavy atom. The predicted octanol–water partition coefficient (Wildman–Crippen LogP) is -1.39. The van der Waals surface area contributed by atoms with E-state index in [0.29, 0.717) is 6.54 Å². The van der Waals surface area contributed by atoms with E-state index in [1.807, 2.05) is 0 Å². The Hall–Kier alpha value is -1.45. The minimum atomic E-state index is -3.70. The summed E-state index contributed by atoms with van der Waals surface area (Å²) >= 11 is 5.59. The fraction of sp³-hybridized carbons (Fsp3) is 0.444. The normalized spacial score (nSPS) is 12.6. The molecular formula is C9H15ClN4O4S. The molecule has 0 atom stereocenters. The Kier molecular flexibility index (Phi) is 7.96. The molecule has 0 aromatic rings. The molecule has 8 nitrogen and oxygen atoms in total. The van der Waals surface area contributed by atoms with Gasteiger partial charge in [-0.05, 0) is 11.6 Å². The van der Waals surface area contributed by atoms with E-state index in [1.54, 1.807) is 0 Å². The van der Waals surface area contributed by atoms with Crippen LogP contribution in [-0.4, -0.2) is 55.7 Å². The molecule has 0 bridgehead atoms. The molecule has 0 spiro atoms. The predicted molar refractivity (Wildman–Crippen MR) is 73.9 cm³/mol. The smallest absolute Gasteiger partial charge is 0.232 e. The highest BCUT2D eigenvalue weighted by molar-refractivity contribution is 7.92. The molecule has 0 aromatic carbocycles. The Morgan fingerprint density at radius 2 is 2.11 bits per heavy atom. The molecule has 4 N–H and O–H groups in total. The summed E-state index contributed by atoms with van der Waals surface area (Å²) in [7, 11) is -3.70. The maximum Gasteiger partial charge on any atom is 0.232 e. The van der Waals surface area contributed by atoms with E-state index in [0.717, 1.165) is 0 Å². The molecule has 0 unspecified atom stereocenters. The molecule has 0 aliphatic carbocycles. The number of hydrogen-bond acceptors (Lipinski definition) is 5. The van der Waals surface area contributed by atoms with E-state index in [1.165, 1.54) is 6.34 Å². The highest BCUT2D eigenvalue weighted by Crippen LogP contribution is 2.03. The number of aliphatic hydroxyl groups excluding tert-OH is 1. The zero-order valence-corrected chi connectivity index (χ0v) is 11.6. The SMILES string of the molecule is C=C(CS(=O)(=O)CC(N)=O)/N=C(Cl)/N=C/NCCO. The third-order valence-corrected chi connectivity index (χ3v) is 3.20. The van der Waals surface area contributed by atoms with Crippen molar-refractivity contribution in [3.63, 3.8) is 0 Å². The molecule has 0 aromatic heterocycles. The summed E-state index contributed by atoms with van der Waals surface area (Å²) in [4.78, 5) is 17.8. The van der Waals surface area contributed by atoms with Crippen molar-refractivity contribution in [2.45, 2.75) is 0 Å². The second-order valence-electron chi connectivity index (χ2n) is 3.38. The molecule has 0 saturated heterocycles. The van der Waals surface area contributed by atoms with E-state index >= 15 is 0 Å². The second-order valence-corrected chi connectivity index (χ2v) is 5.78. The Bertz CT molecular complexity index is 486. The van der Waals surface area contributed by atoms with Gasteiger partial charge in [0.25, 0.3) is 0 Å². The average molecular weight is 311 g/mol. The Morgan fingerprint density at radius 3 is 2.63 bits per heavy atom. The number of sulfone groups is 1. The average Bonchev–Trinajstić information content (AvgIpc) is 2.21. The summed E-state index contributed by atoms with van der Waals surface area (Å²) in [5.74, 6) is -2.26. The molecule has 0 heterocycles. The van der Waals surface area contributed by atoms with E-state index in [9.17, 15) is 13.2 Å². The zero-order valence-electron chi connectivity index (χ0n) is 10.0. The summed E-state index contributed by atoms with van der Waals surface area (Å²) in [5.41, 5.74) is 4.72. The van der Waals surface area contributed by atoms with E-state index in [4.69, 9.17) is 22.4 Å². The number of rotatable bonds is 8. The maximum atomic E-state index is 11.4. The highest BCUT2D eigenvalue weighted by atomic mass is 35.5. The van der Waals surface area contributed by atoms with Crippen LogP contribution in [0.2, 0.25) is 0 Å². The van der Waals surface area contributed by atoms with Gasteiger partial charge in [0.15, 0.2) is 9.84 Å².